The third-order valence-corrected chi connectivity index (χ3v) is 3.39. The Morgan fingerprint density at radius 3 is 3.05 bits per heavy atom. The predicted octanol–water partition coefficient (Wildman–Crippen LogP) is 0.820. The van der Waals surface area contributed by atoms with Gasteiger partial charge in [-0.2, -0.15) is 5.26 Å². The Hall–Kier alpha value is -2.10. The number of nitrogens with zero attached hydrogens (tertiary/aromatic N) is 2. The van der Waals surface area contributed by atoms with E-state index in [-0.39, 0.29) is 11.9 Å². The molecule has 2 atom stereocenters. The molecular weight excluding hydrogens is 256 g/mol. The van der Waals surface area contributed by atoms with Gasteiger partial charge in [-0.05, 0) is 19.1 Å². The van der Waals surface area contributed by atoms with E-state index in [0.717, 1.165) is 0 Å². The van der Waals surface area contributed by atoms with Crippen molar-refractivity contribution >= 4 is 17.3 Å². The summed E-state index contributed by atoms with van der Waals surface area (Å²) in [5.41, 5.74) is 6.94. The van der Waals surface area contributed by atoms with Crippen molar-refractivity contribution in [3.05, 3.63) is 24.3 Å². The number of hydrogen-bond acceptors (Lipinski definition) is 5. The first-order valence-corrected chi connectivity index (χ1v) is 6.52. The van der Waals surface area contributed by atoms with E-state index in [1.54, 1.807) is 12.1 Å². The summed E-state index contributed by atoms with van der Waals surface area (Å²) in [6.07, 6.45) is -0.471. The highest BCUT2D eigenvalue weighted by Crippen LogP contribution is 2.18. The highest BCUT2D eigenvalue weighted by molar-refractivity contribution is 5.97. The molecule has 6 heteroatoms. The number of nitrogen functional groups attached to an aromatic ring is 1. The summed E-state index contributed by atoms with van der Waals surface area (Å²) in [6, 6.07) is 8.86. The van der Waals surface area contributed by atoms with Gasteiger partial charge in [-0.3, -0.25) is 9.69 Å². The largest absolute Gasteiger partial charge is 0.397 e. The smallest absolute Gasteiger partial charge is 0.241 e. The third kappa shape index (κ3) is 3.26. The maximum absolute atomic E-state index is 12.2. The lowest BCUT2D eigenvalue weighted by Crippen LogP contribution is -2.50. The number of carbonyl (C=O) groups is 1. The van der Waals surface area contributed by atoms with Gasteiger partial charge in [-0.25, -0.2) is 0 Å². The molecule has 2 rings (SSSR count). The number of nitriles is 1. The molecule has 106 valence electrons. The number of hydrogen-bond donors (Lipinski definition) is 2. The lowest BCUT2D eigenvalue weighted by Gasteiger charge is -2.33. The SMILES string of the molecule is CC(C(=O)Nc1ccccc1N)N1CCOC(C#N)C1. The highest BCUT2D eigenvalue weighted by atomic mass is 16.5. The summed E-state index contributed by atoms with van der Waals surface area (Å²) in [5, 5.41) is 11.7. The van der Waals surface area contributed by atoms with Gasteiger partial charge in [0.25, 0.3) is 0 Å². The molecule has 1 aromatic carbocycles. The van der Waals surface area contributed by atoms with Crippen LogP contribution in [0.4, 0.5) is 11.4 Å². The lowest BCUT2D eigenvalue weighted by molar-refractivity contribution is -0.123. The molecule has 2 unspecified atom stereocenters. The quantitative estimate of drug-likeness (QED) is 0.796. The van der Waals surface area contributed by atoms with Crippen molar-refractivity contribution in [2.24, 2.45) is 0 Å². The van der Waals surface area contributed by atoms with Crippen LogP contribution in [0.1, 0.15) is 6.92 Å². The van der Waals surface area contributed by atoms with Crippen molar-refractivity contribution in [2.75, 3.05) is 30.7 Å². The number of amides is 1. The zero-order valence-corrected chi connectivity index (χ0v) is 11.4. The zero-order chi connectivity index (χ0) is 14.5. The van der Waals surface area contributed by atoms with Crippen LogP contribution >= 0.6 is 0 Å². The van der Waals surface area contributed by atoms with E-state index in [2.05, 4.69) is 11.4 Å². The van der Waals surface area contributed by atoms with Crippen LogP contribution in [0.2, 0.25) is 0 Å². The summed E-state index contributed by atoms with van der Waals surface area (Å²) in [5.74, 6) is -0.138. The molecule has 0 aliphatic carbocycles. The standard InChI is InChI=1S/C14H18N4O2/c1-10(18-6-7-20-11(8-15)9-18)14(19)17-13-5-3-2-4-12(13)16/h2-5,10-11H,6-7,9,16H2,1H3,(H,17,19). The third-order valence-electron chi connectivity index (χ3n) is 3.39. The number of para-hydroxylation sites is 2. The van der Waals surface area contributed by atoms with Gasteiger partial charge in [0.05, 0.1) is 30.1 Å². The molecule has 0 saturated carbocycles. The van der Waals surface area contributed by atoms with Crippen LogP contribution < -0.4 is 11.1 Å². The molecule has 0 radical (unpaired) electrons. The molecule has 1 saturated heterocycles. The fourth-order valence-electron chi connectivity index (χ4n) is 2.11. The van der Waals surface area contributed by atoms with Gasteiger partial charge in [-0.15, -0.1) is 0 Å². The molecule has 1 fully saturated rings. The van der Waals surface area contributed by atoms with Crippen LogP contribution in [-0.4, -0.2) is 42.6 Å². The second-order valence-corrected chi connectivity index (χ2v) is 4.74. The summed E-state index contributed by atoms with van der Waals surface area (Å²) < 4.78 is 5.27. The molecule has 20 heavy (non-hydrogen) atoms. The Morgan fingerprint density at radius 2 is 2.35 bits per heavy atom. The summed E-state index contributed by atoms with van der Waals surface area (Å²) >= 11 is 0. The number of ether oxygens (including phenoxy) is 1. The second kappa shape index (κ2) is 6.37. The topological polar surface area (TPSA) is 91.4 Å². The van der Waals surface area contributed by atoms with E-state index in [1.165, 1.54) is 0 Å². The van der Waals surface area contributed by atoms with Gasteiger partial charge < -0.3 is 15.8 Å². The average molecular weight is 274 g/mol. The monoisotopic (exact) mass is 274 g/mol. The minimum atomic E-state index is -0.471. The molecule has 1 aliphatic rings. The van der Waals surface area contributed by atoms with Crippen molar-refractivity contribution in [1.82, 2.24) is 4.90 Å². The van der Waals surface area contributed by atoms with Crippen LogP contribution in [0, 0.1) is 11.3 Å². The van der Waals surface area contributed by atoms with Gasteiger partial charge >= 0.3 is 0 Å². The second-order valence-electron chi connectivity index (χ2n) is 4.74. The molecule has 0 spiro atoms. The zero-order valence-electron chi connectivity index (χ0n) is 11.4. The summed E-state index contributed by atoms with van der Waals surface area (Å²) in [4.78, 5) is 14.2. The Kier molecular flexibility index (Phi) is 4.56. The fourth-order valence-corrected chi connectivity index (χ4v) is 2.11. The van der Waals surface area contributed by atoms with E-state index < -0.39 is 6.10 Å². The number of nitrogens with two attached hydrogens (primary N) is 1. The molecule has 6 nitrogen and oxygen atoms in total. The predicted molar refractivity (Wildman–Crippen MR) is 75.9 cm³/mol. The Labute approximate surface area is 118 Å². The first kappa shape index (κ1) is 14.3. The molecule has 0 aromatic heterocycles. The average Bonchev–Trinajstić information content (AvgIpc) is 2.48. The number of nitrogens with one attached hydrogen (secondary N) is 1. The first-order valence-electron chi connectivity index (χ1n) is 6.52. The normalized spacial score (nSPS) is 20.9. The van der Waals surface area contributed by atoms with Crippen LogP contribution in [0.25, 0.3) is 0 Å². The maximum atomic E-state index is 12.2. The molecular formula is C14H18N4O2. The number of rotatable bonds is 3. The summed E-state index contributed by atoms with van der Waals surface area (Å²) in [6.45, 7) is 3.35. The van der Waals surface area contributed by atoms with Gasteiger partial charge in [0.1, 0.15) is 0 Å². The van der Waals surface area contributed by atoms with Crippen LogP contribution in [0.5, 0.6) is 0 Å². The van der Waals surface area contributed by atoms with E-state index in [9.17, 15) is 4.79 Å². The van der Waals surface area contributed by atoms with E-state index >= 15 is 0 Å². The summed E-state index contributed by atoms with van der Waals surface area (Å²) in [7, 11) is 0. The van der Waals surface area contributed by atoms with Crippen molar-refractivity contribution in [2.45, 2.75) is 19.1 Å². The van der Waals surface area contributed by atoms with Crippen LogP contribution in [0.15, 0.2) is 24.3 Å². The van der Waals surface area contributed by atoms with Crippen LogP contribution in [0.3, 0.4) is 0 Å². The van der Waals surface area contributed by atoms with Crippen molar-refractivity contribution in [1.29, 1.82) is 5.26 Å². The van der Waals surface area contributed by atoms with Gasteiger partial charge in [0, 0.05) is 13.1 Å². The molecule has 1 amide bonds. The fraction of sp³-hybridized carbons (Fsp3) is 0.429. The van der Waals surface area contributed by atoms with Crippen LogP contribution in [-0.2, 0) is 9.53 Å². The number of morpholine rings is 1. The molecule has 1 heterocycles. The Bertz CT molecular complexity index is 526. The van der Waals surface area contributed by atoms with Gasteiger partial charge in [0.15, 0.2) is 6.10 Å². The minimum Gasteiger partial charge on any atom is -0.397 e. The first-order chi connectivity index (χ1) is 9.61. The highest BCUT2D eigenvalue weighted by Gasteiger charge is 2.27. The molecule has 1 aromatic rings. The van der Waals surface area contributed by atoms with E-state index in [4.69, 9.17) is 15.7 Å². The number of benzene rings is 1. The molecule has 3 N–H and O–H groups in total. The number of anilines is 2. The van der Waals surface area contributed by atoms with Gasteiger partial charge in [0.2, 0.25) is 5.91 Å². The molecule has 1 aliphatic heterocycles. The Balaban J connectivity index is 1.99. The maximum Gasteiger partial charge on any atom is 0.241 e. The minimum absolute atomic E-state index is 0.138. The molecule has 0 bridgehead atoms. The van der Waals surface area contributed by atoms with Crippen molar-refractivity contribution < 1.29 is 9.53 Å². The van der Waals surface area contributed by atoms with E-state index in [0.29, 0.717) is 31.1 Å². The Morgan fingerprint density at radius 1 is 1.60 bits per heavy atom. The van der Waals surface area contributed by atoms with Crippen molar-refractivity contribution in [3.8, 4) is 6.07 Å². The van der Waals surface area contributed by atoms with Crippen molar-refractivity contribution in [3.63, 3.8) is 0 Å². The van der Waals surface area contributed by atoms with Gasteiger partial charge in [-0.1, -0.05) is 12.1 Å². The number of carbonyl (C=O) groups excluding carboxylic acids is 1. The van der Waals surface area contributed by atoms with E-state index in [1.807, 2.05) is 24.0 Å². The lowest BCUT2D eigenvalue weighted by atomic mass is 10.2.